The minimum atomic E-state index is -0.0471. The summed E-state index contributed by atoms with van der Waals surface area (Å²) in [5, 5.41) is 2.66. The molecule has 1 N–H and O–H groups in total. The summed E-state index contributed by atoms with van der Waals surface area (Å²) < 4.78 is 0. The third-order valence-electron chi connectivity index (χ3n) is 4.96. The highest BCUT2D eigenvalue weighted by atomic mass is 16.1. The largest absolute Gasteiger partial charge is 0.355 e. The third kappa shape index (κ3) is 3.26. The van der Waals surface area contributed by atoms with E-state index in [-0.39, 0.29) is 5.91 Å². The van der Waals surface area contributed by atoms with Gasteiger partial charge in [0, 0.05) is 32.2 Å². The highest BCUT2D eigenvalue weighted by molar-refractivity contribution is 5.93. The van der Waals surface area contributed by atoms with Crippen molar-refractivity contribution in [3.63, 3.8) is 0 Å². The van der Waals surface area contributed by atoms with E-state index >= 15 is 0 Å². The maximum absolute atomic E-state index is 11.7. The van der Waals surface area contributed by atoms with Crippen LogP contribution in [0.3, 0.4) is 0 Å². The second-order valence-electron chi connectivity index (χ2n) is 6.74. The summed E-state index contributed by atoms with van der Waals surface area (Å²) >= 11 is 0. The summed E-state index contributed by atoms with van der Waals surface area (Å²) in [7, 11) is 1.66. The van der Waals surface area contributed by atoms with Gasteiger partial charge in [0.25, 0.3) is 5.91 Å². The Labute approximate surface area is 154 Å². The summed E-state index contributed by atoms with van der Waals surface area (Å²) in [5.74, 6) is -0.0471. The molecule has 0 aliphatic carbocycles. The molecule has 0 unspecified atom stereocenters. The van der Waals surface area contributed by atoms with Crippen molar-refractivity contribution in [1.82, 2.24) is 10.2 Å². The molecule has 3 aromatic carbocycles. The predicted molar refractivity (Wildman–Crippen MR) is 105 cm³/mol. The van der Waals surface area contributed by atoms with Gasteiger partial charge < -0.3 is 5.32 Å². The van der Waals surface area contributed by atoms with E-state index in [2.05, 4.69) is 58.7 Å². The Hall–Kier alpha value is -2.91. The maximum Gasteiger partial charge on any atom is 0.251 e. The van der Waals surface area contributed by atoms with Crippen molar-refractivity contribution >= 4 is 5.91 Å². The summed E-state index contributed by atoms with van der Waals surface area (Å²) in [6, 6.07) is 25.2. The summed E-state index contributed by atoms with van der Waals surface area (Å²) in [5.41, 5.74) is 7.30. The molecule has 1 amide bonds. The molecule has 0 atom stereocenters. The van der Waals surface area contributed by atoms with Crippen molar-refractivity contribution in [3.8, 4) is 11.1 Å². The quantitative estimate of drug-likeness (QED) is 0.772. The van der Waals surface area contributed by atoms with E-state index in [1.807, 2.05) is 24.3 Å². The molecule has 1 aliphatic rings. The number of carbonyl (C=O) groups excluding carboxylic acids is 1. The van der Waals surface area contributed by atoms with Crippen LogP contribution in [-0.2, 0) is 19.6 Å². The highest BCUT2D eigenvalue weighted by Gasteiger charge is 2.18. The van der Waals surface area contributed by atoms with Gasteiger partial charge in [-0.3, -0.25) is 9.69 Å². The van der Waals surface area contributed by atoms with Gasteiger partial charge >= 0.3 is 0 Å². The average molecular weight is 342 g/mol. The lowest BCUT2D eigenvalue weighted by atomic mass is 9.97. The smallest absolute Gasteiger partial charge is 0.251 e. The maximum atomic E-state index is 11.7. The summed E-state index contributed by atoms with van der Waals surface area (Å²) in [6.07, 6.45) is 0. The number of fused-ring (bicyclic) bond motifs is 3. The monoisotopic (exact) mass is 342 g/mol. The van der Waals surface area contributed by atoms with Gasteiger partial charge in [-0.15, -0.1) is 0 Å². The Morgan fingerprint density at radius 1 is 0.846 bits per heavy atom. The zero-order valence-corrected chi connectivity index (χ0v) is 14.9. The van der Waals surface area contributed by atoms with Crippen molar-refractivity contribution in [2.24, 2.45) is 0 Å². The van der Waals surface area contributed by atoms with Crippen LogP contribution in [0.4, 0.5) is 0 Å². The van der Waals surface area contributed by atoms with E-state index in [1.165, 1.54) is 27.8 Å². The van der Waals surface area contributed by atoms with E-state index < -0.39 is 0 Å². The van der Waals surface area contributed by atoms with Crippen LogP contribution in [0.25, 0.3) is 11.1 Å². The number of carbonyl (C=O) groups is 1. The van der Waals surface area contributed by atoms with Gasteiger partial charge in [0.1, 0.15) is 0 Å². The number of benzene rings is 3. The fourth-order valence-electron chi connectivity index (χ4n) is 3.66. The van der Waals surface area contributed by atoms with Crippen LogP contribution in [0.2, 0.25) is 0 Å². The molecule has 0 saturated heterocycles. The van der Waals surface area contributed by atoms with Gasteiger partial charge in [-0.2, -0.15) is 0 Å². The fourth-order valence-corrected chi connectivity index (χ4v) is 3.66. The second kappa shape index (κ2) is 7.14. The van der Waals surface area contributed by atoms with Crippen molar-refractivity contribution in [2.45, 2.75) is 19.6 Å². The van der Waals surface area contributed by atoms with Gasteiger partial charge in [-0.25, -0.2) is 0 Å². The highest BCUT2D eigenvalue weighted by Crippen LogP contribution is 2.32. The molecular formula is C23H22N2O. The minimum Gasteiger partial charge on any atom is -0.355 e. The number of hydrogen-bond acceptors (Lipinski definition) is 2. The van der Waals surface area contributed by atoms with Crippen LogP contribution in [0, 0.1) is 0 Å². The second-order valence-corrected chi connectivity index (χ2v) is 6.74. The molecule has 130 valence electrons. The van der Waals surface area contributed by atoms with Crippen LogP contribution in [0.1, 0.15) is 27.0 Å². The van der Waals surface area contributed by atoms with Gasteiger partial charge in [0.2, 0.25) is 0 Å². The zero-order valence-electron chi connectivity index (χ0n) is 14.9. The van der Waals surface area contributed by atoms with Crippen molar-refractivity contribution in [3.05, 3.63) is 95.1 Å². The van der Waals surface area contributed by atoms with Crippen molar-refractivity contribution < 1.29 is 4.79 Å². The normalized spacial score (nSPS) is 13.4. The molecular weight excluding hydrogens is 320 g/mol. The predicted octanol–water partition coefficient (Wildman–Crippen LogP) is 4.23. The summed E-state index contributed by atoms with van der Waals surface area (Å²) in [4.78, 5) is 14.2. The molecule has 3 nitrogen and oxygen atoms in total. The van der Waals surface area contributed by atoms with E-state index in [4.69, 9.17) is 0 Å². The Morgan fingerprint density at radius 3 is 1.92 bits per heavy atom. The number of nitrogens with zero attached hydrogens (tertiary/aromatic N) is 1. The molecule has 0 fully saturated rings. The fraction of sp³-hybridized carbons (Fsp3) is 0.174. The molecule has 4 rings (SSSR count). The molecule has 3 heteroatoms. The molecule has 26 heavy (non-hydrogen) atoms. The van der Waals surface area contributed by atoms with Gasteiger partial charge in [0.05, 0.1) is 0 Å². The van der Waals surface area contributed by atoms with Gasteiger partial charge in [-0.1, -0.05) is 60.7 Å². The van der Waals surface area contributed by atoms with Crippen LogP contribution >= 0.6 is 0 Å². The van der Waals surface area contributed by atoms with Crippen molar-refractivity contribution in [1.29, 1.82) is 0 Å². The first kappa shape index (κ1) is 16.6. The number of hydrogen-bond donors (Lipinski definition) is 1. The van der Waals surface area contributed by atoms with Crippen molar-refractivity contribution in [2.75, 3.05) is 7.05 Å². The topological polar surface area (TPSA) is 32.3 Å². The van der Waals surface area contributed by atoms with Crippen LogP contribution in [-0.4, -0.2) is 17.9 Å². The molecule has 0 radical (unpaired) electrons. The molecule has 0 spiro atoms. The van der Waals surface area contributed by atoms with E-state index in [0.717, 1.165) is 19.6 Å². The zero-order chi connectivity index (χ0) is 17.9. The SMILES string of the molecule is CNC(=O)c1ccc(CN2Cc3ccccc3-c3ccccc3C2)cc1. The average Bonchev–Trinajstić information content (AvgIpc) is 2.84. The van der Waals surface area contributed by atoms with E-state index in [1.54, 1.807) is 7.05 Å². The molecule has 0 saturated carbocycles. The number of rotatable bonds is 3. The lowest BCUT2D eigenvalue weighted by molar-refractivity contribution is 0.0963. The minimum absolute atomic E-state index is 0.0471. The molecule has 1 aliphatic heterocycles. The van der Waals surface area contributed by atoms with E-state index in [0.29, 0.717) is 5.56 Å². The Morgan fingerprint density at radius 2 is 1.38 bits per heavy atom. The van der Waals surface area contributed by atoms with E-state index in [9.17, 15) is 4.79 Å². The Bertz CT molecular complexity index is 883. The van der Waals surface area contributed by atoms with Gasteiger partial charge in [0.15, 0.2) is 0 Å². The molecule has 0 aromatic heterocycles. The number of amides is 1. The molecule has 1 heterocycles. The lowest BCUT2D eigenvalue weighted by Gasteiger charge is -2.21. The molecule has 0 bridgehead atoms. The van der Waals surface area contributed by atoms with Crippen LogP contribution in [0.15, 0.2) is 72.8 Å². The number of nitrogens with one attached hydrogen (secondary N) is 1. The first-order valence-corrected chi connectivity index (χ1v) is 8.94. The van der Waals surface area contributed by atoms with Gasteiger partial charge in [-0.05, 0) is 39.9 Å². The third-order valence-corrected chi connectivity index (χ3v) is 4.96. The Balaban J connectivity index is 1.62. The lowest BCUT2D eigenvalue weighted by Crippen LogP contribution is -2.21. The first-order chi connectivity index (χ1) is 12.7. The van der Waals surface area contributed by atoms with Crippen LogP contribution in [0.5, 0.6) is 0 Å². The first-order valence-electron chi connectivity index (χ1n) is 8.94. The summed E-state index contributed by atoms with van der Waals surface area (Å²) in [6.45, 7) is 2.70. The molecule has 3 aromatic rings. The Kier molecular flexibility index (Phi) is 4.55. The standard InChI is InChI=1S/C23H22N2O/c1-24-23(26)18-12-10-17(11-13-18)14-25-15-19-6-2-4-8-21(19)22-9-5-3-7-20(22)16-25/h2-13H,14-16H2,1H3,(H,24,26). The van der Waals surface area contributed by atoms with Crippen LogP contribution < -0.4 is 5.32 Å².